The standard InChI is InChI=1S/C14H16ClFN2O2/c1-3-18-14(12(20-2)8-17-18)11(19)7-9-5-4-6-10(15)13(9)16/h4-6,8,11,19H,3,7H2,1-2H3. The maximum absolute atomic E-state index is 13.9. The average molecular weight is 299 g/mol. The quantitative estimate of drug-likeness (QED) is 0.923. The molecule has 0 aliphatic carbocycles. The third kappa shape index (κ3) is 2.78. The maximum Gasteiger partial charge on any atom is 0.162 e. The molecule has 0 radical (unpaired) electrons. The minimum absolute atomic E-state index is 0.0469. The first-order valence-corrected chi connectivity index (χ1v) is 6.66. The first kappa shape index (κ1) is 14.8. The van der Waals surface area contributed by atoms with E-state index in [0.717, 1.165) is 0 Å². The van der Waals surface area contributed by atoms with Crippen LogP contribution in [0.3, 0.4) is 0 Å². The van der Waals surface area contributed by atoms with E-state index >= 15 is 0 Å². The maximum atomic E-state index is 13.9. The van der Waals surface area contributed by atoms with Crippen LogP contribution in [0.15, 0.2) is 24.4 Å². The highest BCUT2D eigenvalue weighted by atomic mass is 35.5. The van der Waals surface area contributed by atoms with Gasteiger partial charge in [-0.05, 0) is 18.6 Å². The van der Waals surface area contributed by atoms with Crippen molar-refractivity contribution in [2.24, 2.45) is 0 Å². The van der Waals surface area contributed by atoms with Crippen molar-refractivity contribution in [2.45, 2.75) is 26.0 Å². The van der Waals surface area contributed by atoms with Crippen LogP contribution in [0, 0.1) is 5.82 Å². The zero-order valence-electron chi connectivity index (χ0n) is 11.3. The van der Waals surface area contributed by atoms with E-state index in [1.807, 2.05) is 6.92 Å². The summed E-state index contributed by atoms with van der Waals surface area (Å²) in [5.41, 5.74) is 0.894. The van der Waals surface area contributed by atoms with Gasteiger partial charge in [0.2, 0.25) is 0 Å². The van der Waals surface area contributed by atoms with Gasteiger partial charge >= 0.3 is 0 Å². The molecule has 20 heavy (non-hydrogen) atoms. The zero-order chi connectivity index (χ0) is 14.7. The Kier molecular flexibility index (Phi) is 4.62. The number of hydrogen-bond donors (Lipinski definition) is 1. The number of aliphatic hydroxyl groups excluding tert-OH is 1. The Morgan fingerprint density at radius 2 is 2.25 bits per heavy atom. The fourth-order valence-corrected chi connectivity index (χ4v) is 2.33. The lowest BCUT2D eigenvalue weighted by molar-refractivity contribution is 0.161. The molecule has 0 bridgehead atoms. The van der Waals surface area contributed by atoms with E-state index in [1.165, 1.54) is 19.4 Å². The SMILES string of the molecule is CCn1ncc(OC)c1C(O)Cc1cccc(Cl)c1F. The average Bonchev–Trinajstić information content (AvgIpc) is 2.86. The highest BCUT2D eigenvalue weighted by Gasteiger charge is 2.21. The Morgan fingerprint density at radius 3 is 2.90 bits per heavy atom. The number of rotatable bonds is 5. The number of methoxy groups -OCH3 is 1. The van der Waals surface area contributed by atoms with Crippen molar-refractivity contribution in [3.63, 3.8) is 0 Å². The summed E-state index contributed by atoms with van der Waals surface area (Å²) in [6.45, 7) is 2.50. The van der Waals surface area contributed by atoms with Gasteiger partial charge in [-0.1, -0.05) is 23.7 Å². The first-order chi connectivity index (χ1) is 9.58. The molecule has 0 fully saturated rings. The summed E-state index contributed by atoms with van der Waals surface area (Å²) in [4.78, 5) is 0. The molecule has 1 atom stereocenters. The van der Waals surface area contributed by atoms with E-state index in [9.17, 15) is 9.50 Å². The van der Waals surface area contributed by atoms with Crippen LogP contribution in [0.2, 0.25) is 5.02 Å². The first-order valence-electron chi connectivity index (χ1n) is 6.29. The van der Waals surface area contributed by atoms with Crippen LogP contribution in [0.4, 0.5) is 4.39 Å². The minimum atomic E-state index is -0.916. The van der Waals surface area contributed by atoms with Gasteiger partial charge in [-0.3, -0.25) is 4.68 Å². The molecule has 0 amide bonds. The predicted molar refractivity (Wildman–Crippen MR) is 74.5 cm³/mol. The molecule has 4 nitrogen and oxygen atoms in total. The lowest BCUT2D eigenvalue weighted by Crippen LogP contribution is -2.12. The number of nitrogens with zero attached hydrogens (tertiary/aromatic N) is 2. The molecular weight excluding hydrogens is 283 g/mol. The number of halogens is 2. The fraction of sp³-hybridized carbons (Fsp3) is 0.357. The molecule has 2 aromatic rings. The molecule has 2 rings (SSSR count). The number of aliphatic hydroxyl groups is 1. The molecule has 0 saturated carbocycles. The van der Waals surface area contributed by atoms with Crippen molar-refractivity contribution in [3.05, 3.63) is 46.5 Å². The van der Waals surface area contributed by atoms with Gasteiger partial charge in [0.15, 0.2) is 5.75 Å². The lowest BCUT2D eigenvalue weighted by Gasteiger charge is -2.15. The van der Waals surface area contributed by atoms with Gasteiger partial charge in [0.25, 0.3) is 0 Å². The van der Waals surface area contributed by atoms with E-state index in [4.69, 9.17) is 16.3 Å². The normalized spacial score (nSPS) is 12.4. The van der Waals surface area contributed by atoms with Gasteiger partial charge in [0.1, 0.15) is 17.6 Å². The van der Waals surface area contributed by atoms with E-state index < -0.39 is 11.9 Å². The Bertz CT molecular complexity index is 579. The summed E-state index contributed by atoms with van der Waals surface area (Å²) in [5, 5.41) is 14.5. The summed E-state index contributed by atoms with van der Waals surface area (Å²) >= 11 is 5.74. The summed E-state index contributed by atoms with van der Waals surface area (Å²) in [5.74, 6) is -0.0171. The van der Waals surface area contributed by atoms with E-state index in [1.54, 1.807) is 16.8 Å². The van der Waals surface area contributed by atoms with Crippen molar-refractivity contribution >= 4 is 11.6 Å². The molecule has 1 N–H and O–H groups in total. The Morgan fingerprint density at radius 1 is 1.50 bits per heavy atom. The molecule has 0 aliphatic heterocycles. The monoisotopic (exact) mass is 298 g/mol. The number of hydrogen-bond acceptors (Lipinski definition) is 3. The third-order valence-corrected chi connectivity index (χ3v) is 3.42. The zero-order valence-corrected chi connectivity index (χ0v) is 12.1. The Labute approximate surface area is 121 Å². The van der Waals surface area contributed by atoms with E-state index in [-0.39, 0.29) is 11.4 Å². The molecule has 0 spiro atoms. The molecule has 0 aliphatic rings. The second-order valence-corrected chi connectivity index (χ2v) is 4.75. The van der Waals surface area contributed by atoms with Crippen LogP contribution in [0.5, 0.6) is 5.75 Å². The summed E-state index contributed by atoms with van der Waals surface area (Å²) in [6.07, 6.45) is 0.727. The molecule has 1 heterocycles. The van der Waals surface area contributed by atoms with Crippen LogP contribution in [-0.4, -0.2) is 22.0 Å². The number of aryl methyl sites for hydroxylation is 1. The Hall–Kier alpha value is -1.59. The van der Waals surface area contributed by atoms with Gasteiger partial charge in [0, 0.05) is 13.0 Å². The van der Waals surface area contributed by atoms with Gasteiger partial charge in [-0.25, -0.2) is 4.39 Å². The van der Waals surface area contributed by atoms with Crippen LogP contribution in [0.25, 0.3) is 0 Å². The predicted octanol–water partition coefficient (Wildman–Crippen LogP) is 2.98. The van der Waals surface area contributed by atoms with Gasteiger partial charge < -0.3 is 9.84 Å². The molecule has 1 unspecified atom stereocenters. The van der Waals surface area contributed by atoms with Crippen LogP contribution < -0.4 is 4.74 Å². The van der Waals surface area contributed by atoms with E-state index in [0.29, 0.717) is 23.6 Å². The highest BCUT2D eigenvalue weighted by Crippen LogP contribution is 2.29. The molecule has 1 aromatic carbocycles. The van der Waals surface area contributed by atoms with Crippen LogP contribution >= 0.6 is 11.6 Å². The van der Waals surface area contributed by atoms with Crippen molar-refractivity contribution in [1.82, 2.24) is 9.78 Å². The molecule has 108 valence electrons. The number of aromatic nitrogens is 2. The van der Waals surface area contributed by atoms with Crippen molar-refractivity contribution in [1.29, 1.82) is 0 Å². The number of benzene rings is 1. The summed E-state index contributed by atoms with van der Waals surface area (Å²) in [6, 6.07) is 4.73. The van der Waals surface area contributed by atoms with Crippen molar-refractivity contribution in [3.8, 4) is 5.75 Å². The molecule has 1 aromatic heterocycles. The smallest absolute Gasteiger partial charge is 0.162 e. The van der Waals surface area contributed by atoms with Crippen molar-refractivity contribution < 1.29 is 14.2 Å². The molecular formula is C14H16ClFN2O2. The molecule has 6 heteroatoms. The second-order valence-electron chi connectivity index (χ2n) is 4.35. The van der Waals surface area contributed by atoms with Gasteiger partial charge in [0.05, 0.1) is 18.3 Å². The Balaban J connectivity index is 2.30. The van der Waals surface area contributed by atoms with Crippen molar-refractivity contribution in [2.75, 3.05) is 7.11 Å². The number of ether oxygens (including phenoxy) is 1. The highest BCUT2D eigenvalue weighted by molar-refractivity contribution is 6.30. The van der Waals surface area contributed by atoms with E-state index in [2.05, 4.69) is 5.10 Å². The molecule has 0 saturated heterocycles. The third-order valence-electron chi connectivity index (χ3n) is 3.12. The fourth-order valence-electron chi connectivity index (χ4n) is 2.13. The second kappa shape index (κ2) is 6.24. The van der Waals surface area contributed by atoms with Gasteiger partial charge in [-0.15, -0.1) is 0 Å². The topological polar surface area (TPSA) is 47.3 Å². The van der Waals surface area contributed by atoms with Gasteiger partial charge in [-0.2, -0.15) is 5.10 Å². The summed E-state index contributed by atoms with van der Waals surface area (Å²) < 4.78 is 20.7. The lowest BCUT2D eigenvalue weighted by atomic mass is 10.0. The largest absolute Gasteiger partial charge is 0.493 e. The summed E-state index contributed by atoms with van der Waals surface area (Å²) in [7, 11) is 1.51. The van der Waals surface area contributed by atoms with Crippen LogP contribution in [0.1, 0.15) is 24.3 Å². The van der Waals surface area contributed by atoms with Crippen LogP contribution in [-0.2, 0) is 13.0 Å². The minimum Gasteiger partial charge on any atom is -0.493 e.